The van der Waals surface area contributed by atoms with Gasteiger partial charge in [0.15, 0.2) is 10.3 Å². The number of aromatic nitrogens is 2. The number of hydrogen-bond donors (Lipinski definition) is 2. The molecule has 0 aliphatic rings. The largest absolute Gasteiger partial charge is 0.362 e. The Bertz CT molecular complexity index is 1130. The van der Waals surface area contributed by atoms with Crippen LogP contribution in [0.15, 0.2) is 24.3 Å². The quantitative estimate of drug-likeness (QED) is 0.439. The van der Waals surface area contributed by atoms with E-state index in [1.165, 1.54) is 22.7 Å². The minimum absolute atomic E-state index is 0.237. The van der Waals surface area contributed by atoms with Crippen molar-refractivity contribution in [2.24, 2.45) is 0 Å². The Morgan fingerprint density at radius 3 is 1.52 bits per heavy atom. The van der Waals surface area contributed by atoms with E-state index in [1.54, 1.807) is 0 Å². The van der Waals surface area contributed by atoms with Crippen molar-refractivity contribution in [1.29, 1.82) is 0 Å². The van der Waals surface area contributed by atoms with Gasteiger partial charge in [-0.15, -0.1) is 0 Å². The van der Waals surface area contributed by atoms with Gasteiger partial charge in [0.1, 0.15) is 13.2 Å². The maximum atomic E-state index is 12.2. The zero-order valence-electron chi connectivity index (χ0n) is 17.7. The van der Waals surface area contributed by atoms with Crippen LogP contribution in [0, 0.1) is 27.7 Å². The molecular formula is C22H22N4O3S2. The maximum Gasteiger partial charge on any atom is 0.252 e. The third kappa shape index (κ3) is 4.58. The summed E-state index contributed by atoms with van der Waals surface area (Å²) >= 11 is 2.85. The zero-order valence-corrected chi connectivity index (χ0v) is 19.3. The van der Waals surface area contributed by atoms with Crippen molar-refractivity contribution >= 4 is 65.2 Å². The number of benzene rings is 2. The Balaban J connectivity index is 1.30. The number of thiazole rings is 2. The van der Waals surface area contributed by atoms with Crippen molar-refractivity contribution in [1.82, 2.24) is 9.97 Å². The van der Waals surface area contributed by atoms with Crippen molar-refractivity contribution in [3.63, 3.8) is 0 Å². The molecule has 160 valence electrons. The van der Waals surface area contributed by atoms with Gasteiger partial charge in [-0.25, -0.2) is 9.97 Å². The van der Waals surface area contributed by atoms with Crippen LogP contribution in [0.1, 0.15) is 22.3 Å². The number of fused-ring (bicyclic) bond motifs is 2. The van der Waals surface area contributed by atoms with Crippen LogP contribution in [0.4, 0.5) is 10.3 Å². The van der Waals surface area contributed by atoms with Gasteiger partial charge in [0.2, 0.25) is 0 Å². The highest BCUT2D eigenvalue weighted by atomic mass is 32.1. The molecule has 4 aromatic rings. The molecule has 0 aliphatic heterocycles. The normalized spacial score (nSPS) is 11.2. The van der Waals surface area contributed by atoms with E-state index in [0.717, 1.165) is 42.7 Å². The predicted octanol–water partition coefficient (Wildman–Crippen LogP) is 4.73. The second kappa shape index (κ2) is 8.70. The molecule has 2 aromatic heterocycles. The molecule has 2 aromatic carbocycles. The first-order valence-corrected chi connectivity index (χ1v) is 11.4. The lowest BCUT2D eigenvalue weighted by atomic mass is 10.1. The van der Waals surface area contributed by atoms with Crippen LogP contribution in [-0.4, -0.2) is 35.0 Å². The number of carbonyl (C=O) groups excluding carboxylic acids is 2. The highest BCUT2D eigenvalue weighted by molar-refractivity contribution is 7.22. The van der Waals surface area contributed by atoms with Crippen LogP contribution in [0.25, 0.3) is 20.4 Å². The van der Waals surface area contributed by atoms with Gasteiger partial charge in [-0.2, -0.15) is 0 Å². The van der Waals surface area contributed by atoms with E-state index in [4.69, 9.17) is 4.74 Å². The summed E-state index contributed by atoms with van der Waals surface area (Å²) in [5, 5.41) is 6.52. The van der Waals surface area contributed by atoms with Crippen LogP contribution >= 0.6 is 22.7 Å². The SMILES string of the molecule is Cc1ccc(C)c2sc(NC(=O)COCC(=O)Nc3nc4c(C)ccc(C)c4s3)nc12. The molecule has 0 atom stereocenters. The standard InChI is InChI=1S/C22H22N4O3S2/c1-11-5-7-13(3)19-17(11)25-21(30-19)23-15(27)9-29-10-16(28)24-22-26-18-12(2)6-8-14(4)20(18)31-22/h5-8H,9-10H2,1-4H3,(H,23,25,27)(H,24,26,28). The Morgan fingerprint density at radius 2 is 1.13 bits per heavy atom. The molecular weight excluding hydrogens is 432 g/mol. The second-order valence-corrected chi connectivity index (χ2v) is 9.38. The van der Waals surface area contributed by atoms with Gasteiger partial charge in [-0.05, 0) is 49.9 Å². The summed E-state index contributed by atoms with van der Waals surface area (Å²) in [6.45, 7) is 7.53. The van der Waals surface area contributed by atoms with E-state index in [2.05, 4.69) is 20.6 Å². The van der Waals surface area contributed by atoms with Gasteiger partial charge in [-0.3, -0.25) is 20.2 Å². The molecule has 0 saturated carbocycles. The average Bonchev–Trinajstić information content (AvgIpc) is 3.33. The van der Waals surface area contributed by atoms with Crippen LogP contribution in [0.2, 0.25) is 0 Å². The third-order valence-corrected chi connectivity index (χ3v) is 7.06. The Hall–Kier alpha value is -2.88. The number of ether oxygens (including phenoxy) is 1. The van der Waals surface area contributed by atoms with Crippen molar-refractivity contribution in [3.8, 4) is 0 Å². The maximum absolute atomic E-state index is 12.2. The first kappa shape index (κ1) is 21.4. The molecule has 0 aliphatic carbocycles. The highest BCUT2D eigenvalue weighted by Gasteiger charge is 2.14. The fourth-order valence-corrected chi connectivity index (χ4v) is 5.23. The molecule has 0 spiro atoms. The molecule has 2 amide bonds. The lowest BCUT2D eigenvalue weighted by Crippen LogP contribution is -2.23. The minimum atomic E-state index is -0.353. The van der Waals surface area contributed by atoms with E-state index in [9.17, 15) is 9.59 Å². The number of amides is 2. The summed E-state index contributed by atoms with van der Waals surface area (Å²) in [4.78, 5) is 33.3. The number of carbonyl (C=O) groups is 2. The number of nitrogens with one attached hydrogen (secondary N) is 2. The van der Waals surface area contributed by atoms with E-state index in [1.807, 2.05) is 52.0 Å². The Kier molecular flexibility index (Phi) is 5.99. The van der Waals surface area contributed by atoms with Crippen LogP contribution in [0.3, 0.4) is 0 Å². The Morgan fingerprint density at radius 1 is 0.742 bits per heavy atom. The molecule has 9 heteroatoms. The lowest BCUT2D eigenvalue weighted by Gasteiger charge is -2.04. The summed E-state index contributed by atoms with van der Waals surface area (Å²) in [6.07, 6.45) is 0. The van der Waals surface area contributed by atoms with E-state index < -0.39 is 0 Å². The number of anilines is 2. The molecule has 31 heavy (non-hydrogen) atoms. The fourth-order valence-electron chi connectivity index (χ4n) is 3.17. The number of rotatable bonds is 6. The molecule has 0 fully saturated rings. The topological polar surface area (TPSA) is 93.2 Å². The van der Waals surface area contributed by atoms with Gasteiger partial charge in [0.05, 0.1) is 20.4 Å². The summed E-state index contributed by atoms with van der Waals surface area (Å²) in [6, 6.07) is 8.10. The van der Waals surface area contributed by atoms with E-state index >= 15 is 0 Å². The van der Waals surface area contributed by atoms with E-state index in [0.29, 0.717) is 10.3 Å². The molecule has 0 unspecified atom stereocenters. The van der Waals surface area contributed by atoms with Crippen molar-refractivity contribution in [2.45, 2.75) is 27.7 Å². The van der Waals surface area contributed by atoms with Crippen molar-refractivity contribution < 1.29 is 14.3 Å². The predicted molar refractivity (Wildman–Crippen MR) is 126 cm³/mol. The molecule has 2 N–H and O–H groups in total. The first-order valence-electron chi connectivity index (χ1n) is 9.72. The summed E-state index contributed by atoms with van der Waals surface area (Å²) < 4.78 is 7.38. The van der Waals surface area contributed by atoms with Gasteiger partial charge in [0, 0.05) is 0 Å². The van der Waals surface area contributed by atoms with Crippen molar-refractivity contribution in [3.05, 3.63) is 46.5 Å². The number of hydrogen-bond acceptors (Lipinski definition) is 7. The summed E-state index contributed by atoms with van der Waals surface area (Å²) in [5.41, 5.74) is 6.14. The number of nitrogens with zero attached hydrogens (tertiary/aromatic N) is 2. The minimum Gasteiger partial charge on any atom is -0.362 e. The number of aryl methyl sites for hydroxylation is 4. The average molecular weight is 455 g/mol. The highest BCUT2D eigenvalue weighted by Crippen LogP contribution is 2.31. The lowest BCUT2D eigenvalue weighted by molar-refractivity contribution is -0.125. The first-order chi connectivity index (χ1) is 14.8. The van der Waals surface area contributed by atoms with Gasteiger partial charge in [0.25, 0.3) is 11.8 Å². The fraction of sp³-hybridized carbons (Fsp3) is 0.273. The smallest absolute Gasteiger partial charge is 0.252 e. The van der Waals surface area contributed by atoms with Crippen molar-refractivity contribution in [2.75, 3.05) is 23.8 Å². The molecule has 0 saturated heterocycles. The second-order valence-electron chi connectivity index (χ2n) is 7.38. The summed E-state index contributed by atoms with van der Waals surface area (Å²) in [7, 11) is 0. The molecule has 2 heterocycles. The molecule has 4 rings (SSSR count). The molecule has 0 bridgehead atoms. The van der Waals surface area contributed by atoms with Crippen LogP contribution in [-0.2, 0) is 14.3 Å². The zero-order chi connectivity index (χ0) is 22.1. The molecule has 0 radical (unpaired) electrons. The third-order valence-electron chi connectivity index (χ3n) is 4.84. The summed E-state index contributed by atoms with van der Waals surface area (Å²) in [5.74, 6) is -0.707. The molecule has 7 nitrogen and oxygen atoms in total. The van der Waals surface area contributed by atoms with Gasteiger partial charge >= 0.3 is 0 Å². The monoisotopic (exact) mass is 454 g/mol. The van der Waals surface area contributed by atoms with Crippen LogP contribution < -0.4 is 10.6 Å². The Labute approximate surface area is 187 Å². The van der Waals surface area contributed by atoms with Gasteiger partial charge in [-0.1, -0.05) is 46.9 Å². The van der Waals surface area contributed by atoms with Crippen LogP contribution in [0.5, 0.6) is 0 Å². The van der Waals surface area contributed by atoms with Gasteiger partial charge < -0.3 is 4.74 Å². The van der Waals surface area contributed by atoms with E-state index in [-0.39, 0.29) is 25.0 Å².